The topological polar surface area (TPSA) is 40.6 Å². The van der Waals surface area contributed by atoms with Gasteiger partial charge in [-0.05, 0) is 17.7 Å². The van der Waals surface area contributed by atoms with E-state index >= 15 is 0 Å². The van der Waals surface area contributed by atoms with E-state index in [-0.39, 0.29) is 24.9 Å². The Morgan fingerprint density at radius 3 is 2.61 bits per heavy atom. The van der Waals surface area contributed by atoms with Crippen LogP contribution in [0, 0.1) is 0 Å². The number of nitrogens with zero attached hydrogens (tertiary/aromatic N) is 2. The molecule has 2 aliphatic heterocycles. The lowest BCUT2D eigenvalue weighted by Gasteiger charge is -2.45. The number of amides is 1. The minimum atomic E-state index is -4.82. The quantitative estimate of drug-likeness (QED) is 0.739. The molecule has 4 nitrogen and oxygen atoms in total. The summed E-state index contributed by atoms with van der Waals surface area (Å²) in [4.78, 5) is 26.1. The van der Waals surface area contributed by atoms with Crippen molar-refractivity contribution >= 4 is 27.6 Å². The van der Waals surface area contributed by atoms with Gasteiger partial charge in [0.05, 0.1) is 0 Å². The van der Waals surface area contributed by atoms with Crippen molar-refractivity contribution in [1.82, 2.24) is 9.80 Å². The predicted molar refractivity (Wildman–Crippen MR) is 79.9 cm³/mol. The number of likely N-dealkylation sites (tertiary alicyclic amines) is 1. The van der Waals surface area contributed by atoms with Crippen LogP contribution in [0.5, 0.6) is 0 Å². The molecule has 3 rings (SSSR count). The van der Waals surface area contributed by atoms with Crippen LogP contribution in [-0.2, 0) is 11.3 Å². The summed E-state index contributed by atoms with van der Waals surface area (Å²) in [7, 11) is 0. The van der Waals surface area contributed by atoms with Gasteiger partial charge in [0.1, 0.15) is 0 Å². The van der Waals surface area contributed by atoms with Gasteiger partial charge in [-0.15, -0.1) is 0 Å². The number of benzene rings is 1. The average Bonchev–Trinajstić information content (AvgIpc) is 2.57. The smallest absolute Gasteiger partial charge is 0.332 e. The molecule has 1 fully saturated rings. The Balaban J connectivity index is 1.69. The average molecular weight is 391 g/mol. The fourth-order valence-electron chi connectivity index (χ4n) is 2.97. The third kappa shape index (κ3) is 3.28. The summed E-state index contributed by atoms with van der Waals surface area (Å²) in [6.07, 6.45) is -4.49. The van der Waals surface area contributed by atoms with E-state index in [0.29, 0.717) is 25.1 Å². The third-order valence-electron chi connectivity index (χ3n) is 4.28. The second kappa shape index (κ2) is 5.90. The zero-order valence-corrected chi connectivity index (χ0v) is 13.7. The van der Waals surface area contributed by atoms with E-state index < -0.39 is 12.1 Å². The molecule has 2 aliphatic rings. The lowest BCUT2D eigenvalue weighted by atomic mass is 10.0. The van der Waals surface area contributed by atoms with Gasteiger partial charge in [-0.1, -0.05) is 22.0 Å². The SMILES string of the molecule is O=C1CCN(C2CN(C(=O)C(F)(F)F)C2)Cc2ccc(Br)cc21. The van der Waals surface area contributed by atoms with Crippen LogP contribution in [-0.4, -0.2) is 53.3 Å². The molecule has 0 spiro atoms. The minimum Gasteiger partial charge on any atom is -0.332 e. The van der Waals surface area contributed by atoms with Crippen molar-refractivity contribution in [3.8, 4) is 0 Å². The summed E-state index contributed by atoms with van der Waals surface area (Å²) in [6.45, 7) is 1.10. The minimum absolute atomic E-state index is 0.0337. The number of hydrogen-bond donors (Lipinski definition) is 0. The molecule has 0 N–H and O–H groups in total. The van der Waals surface area contributed by atoms with Crippen molar-refractivity contribution in [3.05, 3.63) is 33.8 Å². The lowest BCUT2D eigenvalue weighted by molar-refractivity contribution is -0.192. The van der Waals surface area contributed by atoms with Gasteiger partial charge in [0.2, 0.25) is 0 Å². The normalized spacial score (nSPS) is 20.0. The van der Waals surface area contributed by atoms with E-state index in [1.54, 1.807) is 6.07 Å². The monoisotopic (exact) mass is 390 g/mol. The first-order chi connectivity index (χ1) is 10.8. The summed E-state index contributed by atoms with van der Waals surface area (Å²) < 4.78 is 38.0. The Labute approximate surface area is 139 Å². The van der Waals surface area contributed by atoms with Gasteiger partial charge in [0, 0.05) is 48.7 Å². The molecule has 0 saturated carbocycles. The fraction of sp³-hybridized carbons (Fsp3) is 0.467. The molecule has 0 aromatic heterocycles. The van der Waals surface area contributed by atoms with Crippen molar-refractivity contribution in [2.45, 2.75) is 25.2 Å². The Hall–Kier alpha value is -1.41. The van der Waals surface area contributed by atoms with Crippen LogP contribution in [0.15, 0.2) is 22.7 Å². The maximum Gasteiger partial charge on any atom is 0.471 e. The molecule has 23 heavy (non-hydrogen) atoms. The molecule has 0 aliphatic carbocycles. The second-order valence-corrected chi connectivity index (χ2v) is 6.72. The van der Waals surface area contributed by atoms with Gasteiger partial charge in [-0.3, -0.25) is 14.5 Å². The molecule has 0 atom stereocenters. The van der Waals surface area contributed by atoms with Gasteiger partial charge in [0.15, 0.2) is 5.78 Å². The van der Waals surface area contributed by atoms with Crippen LogP contribution < -0.4 is 0 Å². The lowest BCUT2D eigenvalue weighted by Crippen LogP contribution is -2.63. The van der Waals surface area contributed by atoms with Crippen molar-refractivity contribution in [2.75, 3.05) is 19.6 Å². The number of alkyl halides is 3. The third-order valence-corrected chi connectivity index (χ3v) is 4.77. The highest BCUT2D eigenvalue weighted by atomic mass is 79.9. The van der Waals surface area contributed by atoms with Crippen molar-refractivity contribution in [2.24, 2.45) is 0 Å². The predicted octanol–water partition coefficient (Wildman–Crippen LogP) is 2.61. The number of fused-ring (bicyclic) bond motifs is 1. The first kappa shape index (κ1) is 16.4. The number of Topliss-reactive ketones (excluding diaryl/α,β-unsaturated/α-hetero) is 1. The molecule has 1 aromatic rings. The molecule has 1 amide bonds. The number of ketones is 1. The Morgan fingerprint density at radius 1 is 1.26 bits per heavy atom. The van der Waals surface area contributed by atoms with Gasteiger partial charge < -0.3 is 4.90 Å². The molecular formula is C15H14BrF3N2O2. The van der Waals surface area contributed by atoms with E-state index in [1.807, 2.05) is 17.0 Å². The van der Waals surface area contributed by atoms with Crippen LogP contribution >= 0.6 is 15.9 Å². The maximum absolute atomic E-state index is 12.4. The van der Waals surface area contributed by atoms with Gasteiger partial charge in [0.25, 0.3) is 0 Å². The molecular weight excluding hydrogens is 377 g/mol. The zero-order chi connectivity index (χ0) is 16.8. The molecule has 0 radical (unpaired) electrons. The van der Waals surface area contributed by atoms with E-state index in [1.165, 1.54) is 0 Å². The number of carbonyl (C=O) groups is 2. The van der Waals surface area contributed by atoms with Crippen LogP contribution in [0.1, 0.15) is 22.3 Å². The van der Waals surface area contributed by atoms with Gasteiger partial charge in [-0.2, -0.15) is 13.2 Å². The van der Waals surface area contributed by atoms with E-state index in [4.69, 9.17) is 0 Å². The van der Waals surface area contributed by atoms with Crippen molar-refractivity contribution in [1.29, 1.82) is 0 Å². The molecule has 0 bridgehead atoms. The summed E-state index contributed by atoms with van der Waals surface area (Å²) in [5.74, 6) is -1.75. The Morgan fingerprint density at radius 2 is 1.96 bits per heavy atom. The van der Waals surface area contributed by atoms with Gasteiger partial charge in [-0.25, -0.2) is 0 Å². The van der Waals surface area contributed by atoms with Crippen LogP contribution in [0.25, 0.3) is 0 Å². The van der Waals surface area contributed by atoms with Crippen LogP contribution in [0.2, 0.25) is 0 Å². The number of carbonyl (C=O) groups excluding carboxylic acids is 2. The van der Waals surface area contributed by atoms with Crippen molar-refractivity contribution < 1.29 is 22.8 Å². The van der Waals surface area contributed by atoms with E-state index in [0.717, 1.165) is 14.9 Å². The van der Waals surface area contributed by atoms with E-state index in [9.17, 15) is 22.8 Å². The summed E-state index contributed by atoms with van der Waals surface area (Å²) >= 11 is 3.34. The number of rotatable bonds is 1. The summed E-state index contributed by atoms with van der Waals surface area (Å²) in [5, 5.41) is 0. The maximum atomic E-state index is 12.4. The molecule has 124 valence electrons. The highest BCUT2D eigenvalue weighted by Crippen LogP contribution is 2.28. The molecule has 1 saturated heterocycles. The first-order valence-electron chi connectivity index (χ1n) is 7.17. The molecule has 8 heteroatoms. The standard InChI is InChI=1S/C15H14BrF3N2O2/c16-10-2-1-9-6-20(4-3-13(22)12(9)5-10)11-7-21(8-11)14(23)15(17,18)19/h1-2,5,11H,3-4,6-8H2. The Kier molecular flexibility index (Phi) is 4.22. The number of hydrogen-bond acceptors (Lipinski definition) is 3. The second-order valence-electron chi connectivity index (χ2n) is 5.81. The highest BCUT2D eigenvalue weighted by molar-refractivity contribution is 9.10. The fourth-order valence-corrected chi connectivity index (χ4v) is 3.33. The summed E-state index contributed by atoms with van der Waals surface area (Å²) in [6, 6.07) is 5.34. The van der Waals surface area contributed by atoms with Gasteiger partial charge >= 0.3 is 12.1 Å². The zero-order valence-electron chi connectivity index (χ0n) is 12.1. The highest BCUT2D eigenvalue weighted by Gasteiger charge is 2.47. The Bertz CT molecular complexity index is 657. The first-order valence-corrected chi connectivity index (χ1v) is 7.97. The molecule has 0 unspecified atom stereocenters. The molecule has 1 aromatic carbocycles. The van der Waals surface area contributed by atoms with Crippen LogP contribution in [0.4, 0.5) is 13.2 Å². The molecule has 2 heterocycles. The van der Waals surface area contributed by atoms with E-state index in [2.05, 4.69) is 15.9 Å². The summed E-state index contributed by atoms with van der Waals surface area (Å²) in [5.41, 5.74) is 1.53. The number of halogens is 4. The van der Waals surface area contributed by atoms with Crippen LogP contribution in [0.3, 0.4) is 0 Å². The van der Waals surface area contributed by atoms with Crippen molar-refractivity contribution in [3.63, 3.8) is 0 Å². The largest absolute Gasteiger partial charge is 0.471 e.